The minimum absolute atomic E-state index is 0.0215. The van der Waals surface area contributed by atoms with Crippen molar-refractivity contribution >= 4 is 5.91 Å². The molecule has 1 saturated heterocycles. The van der Waals surface area contributed by atoms with Crippen LogP contribution in [0.5, 0.6) is 5.75 Å². The van der Waals surface area contributed by atoms with Crippen LogP contribution in [0.15, 0.2) is 24.3 Å². The van der Waals surface area contributed by atoms with Gasteiger partial charge in [0, 0.05) is 43.8 Å². The Morgan fingerprint density at radius 3 is 2.29 bits per heavy atom. The van der Waals surface area contributed by atoms with E-state index < -0.39 is 0 Å². The summed E-state index contributed by atoms with van der Waals surface area (Å²) in [5.74, 6) is 0.831. The molecular formula is C23H37N3O2. The van der Waals surface area contributed by atoms with E-state index in [1.165, 1.54) is 32.1 Å². The fraction of sp³-hybridized carbons (Fsp3) is 0.696. The summed E-state index contributed by atoms with van der Waals surface area (Å²) in [7, 11) is 0. The molecule has 0 unspecified atom stereocenters. The summed E-state index contributed by atoms with van der Waals surface area (Å²) in [6.07, 6.45) is 6.39. The number of likely N-dealkylation sites (N-methyl/N-ethyl adjacent to an activating group) is 1. The van der Waals surface area contributed by atoms with Crippen molar-refractivity contribution in [3.8, 4) is 5.75 Å². The van der Waals surface area contributed by atoms with E-state index in [0.717, 1.165) is 45.0 Å². The van der Waals surface area contributed by atoms with E-state index in [1.807, 2.05) is 38.1 Å². The molecule has 5 heteroatoms. The van der Waals surface area contributed by atoms with Crippen molar-refractivity contribution in [2.75, 3.05) is 39.3 Å². The van der Waals surface area contributed by atoms with Gasteiger partial charge in [0.25, 0.3) is 5.91 Å². The molecule has 0 aromatic heterocycles. The van der Waals surface area contributed by atoms with Crippen LogP contribution in [0, 0.1) is 0 Å². The van der Waals surface area contributed by atoms with Crippen LogP contribution in [0.4, 0.5) is 0 Å². The van der Waals surface area contributed by atoms with Gasteiger partial charge >= 0.3 is 0 Å². The lowest BCUT2D eigenvalue weighted by atomic mass is 9.79. The van der Waals surface area contributed by atoms with Gasteiger partial charge in [-0.2, -0.15) is 0 Å². The molecule has 2 aliphatic rings. The van der Waals surface area contributed by atoms with E-state index in [9.17, 15) is 4.79 Å². The molecule has 28 heavy (non-hydrogen) atoms. The Kier molecular flexibility index (Phi) is 7.36. The van der Waals surface area contributed by atoms with Crippen LogP contribution < -0.4 is 10.1 Å². The molecule has 1 saturated carbocycles. The zero-order chi connectivity index (χ0) is 20.0. The highest BCUT2D eigenvalue weighted by atomic mass is 16.5. The molecule has 2 fully saturated rings. The topological polar surface area (TPSA) is 44.8 Å². The molecule has 1 heterocycles. The van der Waals surface area contributed by atoms with Gasteiger partial charge in [-0.25, -0.2) is 0 Å². The first-order valence-corrected chi connectivity index (χ1v) is 11.0. The fourth-order valence-corrected chi connectivity index (χ4v) is 4.66. The number of nitrogens with zero attached hydrogens (tertiary/aromatic N) is 2. The standard InChI is InChI=1S/C23H37N3O2/c1-4-25-14-16-26(17-15-25)23(12-6-5-7-13-23)18-24-22(27)20-8-10-21(11-9-20)28-19(2)3/h8-11,19H,4-7,12-18H2,1-3H3,(H,24,27). The molecule has 3 rings (SSSR count). The Morgan fingerprint density at radius 2 is 1.71 bits per heavy atom. The Balaban J connectivity index is 1.61. The molecule has 1 amide bonds. The zero-order valence-electron chi connectivity index (χ0n) is 17.9. The lowest BCUT2D eigenvalue weighted by Gasteiger charge is -2.50. The van der Waals surface area contributed by atoms with E-state index >= 15 is 0 Å². The van der Waals surface area contributed by atoms with Crippen LogP contribution in [0.2, 0.25) is 0 Å². The summed E-state index contributed by atoms with van der Waals surface area (Å²) in [6.45, 7) is 12.7. The van der Waals surface area contributed by atoms with Crippen LogP contribution in [0.25, 0.3) is 0 Å². The first-order valence-electron chi connectivity index (χ1n) is 11.0. The Hall–Kier alpha value is -1.59. The van der Waals surface area contributed by atoms with Crippen molar-refractivity contribution in [2.24, 2.45) is 0 Å². The van der Waals surface area contributed by atoms with E-state index in [4.69, 9.17) is 4.74 Å². The van der Waals surface area contributed by atoms with Gasteiger partial charge in [0.05, 0.1) is 6.10 Å². The number of hydrogen-bond acceptors (Lipinski definition) is 4. The maximum absolute atomic E-state index is 12.8. The maximum Gasteiger partial charge on any atom is 0.251 e. The molecule has 1 aliphatic carbocycles. The highest BCUT2D eigenvalue weighted by Gasteiger charge is 2.39. The smallest absolute Gasteiger partial charge is 0.251 e. The van der Waals surface area contributed by atoms with Crippen molar-refractivity contribution in [3.63, 3.8) is 0 Å². The summed E-state index contributed by atoms with van der Waals surface area (Å²) in [5, 5.41) is 3.26. The molecule has 0 spiro atoms. The quantitative estimate of drug-likeness (QED) is 0.777. The summed E-state index contributed by atoms with van der Waals surface area (Å²) in [6, 6.07) is 7.49. The van der Waals surface area contributed by atoms with Gasteiger partial charge in [-0.3, -0.25) is 9.69 Å². The normalized spacial score (nSPS) is 20.9. The SMILES string of the molecule is CCN1CCN(C2(CNC(=O)c3ccc(OC(C)C)cc3)CCCCC2)CC1. The minimum Gasteiger partial charge on any atom is -0.491 e. The van der Waals surface area contributed by atoms with Gasteiger partial charge in [0.2, 0.25) is 0 Å². The summed E-state index contributed by atoms with van der Waals surface area (Å²) in [4.78, 5) is 18.0. The summed E-state index contributed by atoms with van der Waals surface area (Å²) >= 11 is 0. The second-order valence-electron chi connectivity index (χ2n) is 8.58. The molecule has 5 nitrogen and oxygen atoms in total. The average molecular weight is 388 g/mol. The second-order valence-corrected chi connectivity index (χ2v) is 8.58. The third-order valence-electron chi connectivity index (χ3n) is 6.34. The zero-order valence-corrected chi connectivity index (χ0v) is 17.9. The maximum atomic E-state index is 12.8. The first-order chi connectivity index (χ1) is 13.5. The number of hydrogen-bond donors (Lipinski definition) is 1. The molecular weight excluding hydrogens is 350 g/mol. The third-order valence-corrected chi connectivity index (χ3v) is 6.34. The van der Waals surface area contributed by atoms with Crippen LogP contribution >= 0.6 is 0 Å². The number of nitrogens with one attached hydrogen (secondary N) is 1. The summed E-state index contributed by atoms with van der Waals surface area (Å²) < 4.78 is 5.67. The summed E-state index contributed by atoms with van der Waals surface area (Å²) in [5.41, 5.74) is 0.840. The van der Waals surface area contributed by atoms with Crippen LogP contribution in [-0.2, 0) is 0 Å². The van der Waals surface area contributed by atoms with Gasteiger partial charge in [-0.05, 0) is 57.5 Å². The molecule has 0 atom stereocenters. The molecule has 0 radical (unpaired) electrons. The first kappa shape index (κ1) is 21.1. The highest BCUT2D eigenvalue weighted by molar-refractivity contribution is 5.94. The number of amides is 1. The largest absolute Gasteiger partial charge is 0.491 e. The predicted octanol–water partition coefficient (Wildman–Crippen LogP) is 3.54. The number of carbonyl (C=O) groups excluding carboxylic acids is 1. The van der Waals surface area contributed by atoms with Crippen molar-refractivity contribution in [1.29, 1.82) is 0 Å². The molecule has 1 N–H and O–H groups in total. The van der Waals surface area contributed by atoms with E-state index in [1.54, 1.807) is 0 Å². The van der Waals surface area contributed by atoms with Crippen LogP contribution in [0.1, 0.15) is 63.2 Å². The molecule has 1 aromatic rings. The number of rotatable bonds is 7. The van der Waals surface area contributed by atoms with Gasteiger partial charge in [-0.15, -0.1) is 0 Å². The number of piperazine rings is 1. The van der Waals surface area contributed by atoms with Crippen molar-refractivity contribution in [2.45, 2.75) is 64.5 Å². The van der Waals surface area contributed by atoms with Crippen molar-refractivity contribution in [3.05, 3.63) is 29.8 Å². The number of benzene rings is 1. The van der Waals surface area contributed by atoms with Gasteiger partial charge < -0.3 is 15.0 Å². The fourth-order valence-electron chi connectivity index (χ4n) is 4.66. The minimum atomic E-state index is 0.0215. The molecule has 156 valence electrons. The Labute approximate surface area is 170 Å². The number of ether oxygens (including phenoxy) is 1. The molecule has 0 bridgehead atoms. The van der Waals surface area contributed by atoms with Gasteiger partial charge in [0.1, 0.15) is 5.75 Å². The van der Waals surface area contributed by atoms with E-state index in [-0.39, 0.29) is 17.6 Å². The van der Waals surface area contributed by atoms with Gasteiger partial charge in [0.15, 0.2) is 0 Å². The predicted molar refractivity (Wildman–Crippen MR) is 114 cm³/mol. The van der Waals surface area contributed by atoms with Gasteiger partial charge in [-0.1, -0.05) is 26.2 Å². The van der Waals surface area contributed by atoms with E-state index in [2.05, 4.69) is 22.0 Å². The van der Waals surface area contributed by atoms with E-state index in [0.29, 0.717) is 5.56 Å². The second kappa shape index (κ2) is 9.75. The molecule has 1 aliphatic heterocycles. The highest BCUT2D eigenvalue weighted by Crippen LogP contribution is 2.34. The average Bonchev–Trinajstić information content (AvgIpc) is 2.73. The molecule has 1 aromatic carbocycles. The van der Waals surface area contributed by atoms with Crippen molar-refractivity contribution in [1.82, 2.24) is 15.1 Å². The monoisotopic (exact) mass is 387 g/mol. The van der Waals surface area contributed by atoms with Crippen LogP contribution in [-0.4, -0.2) is 66.6 Å². The Bertz CT molecular complexity index is 615. The lowest BCUT2D eigenvalue weighted by Crippen LogP contribution is -2.61. The lowest BCUT2D eigenvalue weighted by molar-refractivity contribution is 0.00924. The number of carbonyl (C=O) groups is 1. The Morgan fingerprint density at radius 1 is 1.07 bits per heavy atom. The van der Waals surface area contributed by atoms with Crippen molar-refractivity contribution < 1.29 is 9.53 Å². The van der Waals surface area contributed by atoms with Crippen LogP contribution in [0.3, 0.4) is 0 Å². The third kappa shape index (κ3) is 5.26.